The summed E-state index contributed by atoms with van der Waals surface area (Å²) in [6.45, 7) is 8.18. The van der Waals surface area contributed by atoms with Crippen LogP contribution in [0.25, 0.3) is 0 Å². The topological polar surface area (TPSA) is 51.2 Å². The van der Waals surface area contributed by atoms with Crippen LogP contribution < -0.4 is 0 Å². The third kappa shape index (κ3) is 9.42. The predicted octanol–water partition coefficient (Wildman–Crippen LogP) is 1.68. The van der Waals surface area contributed by atoms with Crippen LogP contribution in [0.5, 0.6) is 0 Å². The molecule has 0 amide bonds. The Labute approximate surface area is 129 Å². The summed E-state index contributed by atoms with van der Waals surface area (Å²) in [5.74, 6) is 0. The van der Waals surface area contributed by atoms with E-state index in [4.69, 9.17) is 19.3 Å². The van der Waals surface area contributed by atoms with E-state index < -0.39 is 0 Å². The van der Waals surface area contributed by atoms with Gasteiger partial charge in [-0.25, -0.2) is 0 Å². The van der Waals surface area contributed by atoms with Gasteiger partial charge in [-0.15, -0.1) is 0 Å². The normalized spacial score (nSPS) is 15.6. The molecule has 0 bridgehead atoms. The number of aliphatic hydroxyl groups excluding tert-OH is 1. The molecule has 1 aliphatic carbocycles. The van der Waals surface area contributed by atoms with Gasteiger partial charge in [0, 0.05) is 25.7 Å². The molecule has 126 valence electrons. The summed E-state index contributed by atoms with van der Waals surface area (Å²) in [4.78, 5) is 2.34. The Morgan fingerprint density at radius 3 is 2.05 bits per heavy atom. The Morgan fingerprint density at radius 2 is 1.52 bits per heavy atom. The van der Waals surface area contributed by atoms with Crippen molar-refractivity contribution in [3.63, 3.8) is 0 Å². The number of ether oxygens (including phenoxy) is 3. The first-order chi connectivity index (χ1) is 10.4. The molecule has 5 nitrogen and oxygen atoms in total. The summed E-state index contributed by atoms with van der Waals surface area (Å²) in [7, 11) is 0. The molecule has 0 aliphatic heterocycles. The zero-order chi connectivity index (χ0) is 15.2. The van der Waals surface area contributed by atoms with Gasteiger partial charge < -0.3 is 19.3 Å². The van der Waals surface area contributed by atoms with Crippen LogP contribution in [0.3, 0.4) is 0 Å². The highest BCUT2D eigenvalue weighted by Crippen LogP contribution is 2.24. The number of rotatable bonds is 15. The molecule has 1 rings (SSSR count). The van der Waals surface area contributed by atoms with Crippen LogP contribution in [-0.2, 0) is 14.2 Å². The van der Waals surface area contributed by atoms with E-state index in [0.29, 0.717) is 39.1 Å². The van der Waals surface area contributed by atoms with Gasteiger partial charge in [0.2, 0.25) is 0 Å². The van der Waals surface area contributed by atoms with Crippen LogP contribution in [0, 0.1) is 0 Å². The molecule has 1 fully saturated rings. The summed E-state index contributed by atoms with van der Waals surface area (Å²) < 4.78 is 16.4. The maximum Gasteiger partial charge on any atom is 0.0701 e. The fourth-order valence-corrected chi connectivity index (χ4v) is 2.33. The third-order valence-electron chi connectivity index (χ3n) is 3.89. The van der Waals surface area contributed by atoms with Gasteiger partial charge in [0.05, 0.1) is 39.6 Å². The molecular formula is C16H33NO4. The monoisotopic (exact) mass is 303 g/mol. The molecule has 0 aromatic rings. The number of nitrogens with zero attached hydrogens (tertiary/aromatic N) is 1. The molecule has 1 aliphatic rings. The molecule has 0 aromatic carbocycles. The number of aliphatic hydroxyl groups is 1. The first kappa shape index (κ1) is 18.8. The maximum absolute atomic E-state index is 9.07. The molecule has 0 heterocycles. The second kappa shape index (κ2) is 13.5. The molecule has 5 heteroatoms. The first-order valence-electron chi connectivity index (χ1n) is 8.46. The number of unbranched alkanes of at least 4 members (excludes halogenated alkanes) is 1. The fourth-order valence-electron chi connectivity index (χ4n) is 2.33. The van der Waals surface area contributed by atoms with Crippen molar-refractivity contribution in [3.05, 3.63) is 0 Å². The average Bonchev–Trinajstić information content (AvgIpc) is 2.43. The minimum Gasteiger partial charge on any atom is -0.395 e. The molecule has 1 saturated carbocycles. The van der Waals surface area contributed by atoms with E-state index in [0.717, 1.165) is 26.1 Å². The van der Waals surface area contributed by atoms with E-state index in [1.54, 1.807) is 0 Å². The van der Waals surface area contributed by atoms with Crippen LogP contribution in [0.2, 0.25) is 0 Å². The second-order valence-corrected chi connectivity index (χ2v) is 5.53. The van der Waals surface area contributed by atoms with E-state index in [2.05, 4.69) is 11.8 Å². The SMILES string of the molecule is CCCCOCCOCCOCCN(CCO)C1CCC1. The summed E-state index contributed by atoms with van der Waals surface area (Å²) in [5.41, 5.74) is 0. The van der Waals surface area contributed by atoms with E-state index in [1.807, 2.05) is 0 Å². The molecule has 0 saturated heterocycles. The van der Waals surface area contributed by atoms with Crippen LogP contribution in [0.15, 0.2) is 0 Å². The van der Waals surface area contributed by atoms with E-state index in [-0.39, 0.29) is 6.61 Å². The van der Waals surface area contributed by atoms with Crippen molar-refractivity contribution < 1.29 is 19.3 Å². The zero-order valence-corrected chi connectivity index (χ0v) is 13.6. The maximum atomic E-state index is 9.07. The van der Waals surface area contributed by atoms with Crippen molar-refractivity contribution in [2.24, 2.45) is 0 Å². The smallest absolute Gasteiger partial charge is 0.0701 e. The van der Waals surface area contributed by atoms with Crippen molar-refractivity contribution in [3.8, 4) is 0 Å². The molecular weight excluding hydrogens is 270 g/mol. The summed E-state index contributed by atoms with van der Waals surface area (Å²) >= 11 is 0. The molecule has 21 heavy (non-hydrogen) atoms. The molecule has 0 unspecified atom stereocenters. The minimum atomic E-state index is 0.234. The van der Waals surface area contributed by atoms with Crippen LogP contribution in [0.4, 0.5) is 0 Å². The second-order valence-electron chi connectivity index (χ2n) is 5.53. The minimum absolute atomic E-state index is 0.234. The van der Waals surface area contributed by atoms with Gasteiger partial charge in [0.15, 0.2) is 0 Å². The molecule has 0 aromatic heterocycles. The molecule has 0 atom stereocenters. The fraction of sp³-hybridized carbons (Fsp3) is 1.00. The van der Waals surface area contributed by atoms with E-state index >= 15 is 0 Å². The number of hydrogen-bond acceptors (Lipinski definition) is 5. The third-order valence-corrected chi connectivity index (χ3v) is 3.89. The Hall–Kier alpha value is -0.200. The van der Waals surface area contributed by atoms with Crippen LogP contribution in [-0.4, -0.2) is 75.4 Å². The van der Waals surface area contributed by atoms with Crippen molar-refractivity contribution in [1.29, 1.82) is 0 Å². The predicted molar refractivity (Wildman–Crippen MR) is 83.7 cm³/mol. The van der Waals surface area contributed by atoms with E-state index in [1.165, 1.54) is 25.7 Å². The van der Waals surface area contributed by atoms with Crippen molar-refractivity contribution in [2.45, 2.75) is 45.1 Å². The highest BCUT2D eigenvalue weighted by Gasteiger charge is 2.23. The van der Waals surface area contributed by atoms with Gasteiger partial charge in [-0.1, -0.05) is 19.8 Å². The van der Waals surface area contributed by atoms with Gasteiger partial charge in [0.25, 0.3) is 0 Å². The Kier molecular flexibility index (Phi) is 12.1. The van der Waals surface area contributed by atoms with Gasteiger partial charge >= 0.3 is 0 Å². The summed E-state index contributed by atoms with van der Waals surface area (Å²) in [6, 6.07) is 0.664. The summed E-state index contributed by atoms with van der Waals surface area (Å²) in [6.07, 6.45) is 6.14. The van der Waals surface area contributed by atoms with Gasteiger partial charge in [0.1, 0.15) is 0 Å². The van der Waals surface area contributed by atoms with Crippen molar-refractivity contribution in [1.82, 2.24) is 4.90 Å². The first-order valence-corrected chi connectivity index (χ1v) is 8.46. The summed E-state index contributed by atoms with van der Waals surface area (Å²) in [5, 5.41) is 9.07. The Morgan fingerprint density at radius 1 is 0.905 bits per heavy atom. The lowest BCUT2D eigenvalue weighted by Crippen LogP contribution is -2.43. The van der Waals surface area contributed by atoms with Gasteiger partial charge in [-0.2, -0.15) is 0 Å². The standard InChI is InChI=1S/C16H33NO4/c1-2-3-10-19-12-14-21-15-13-20-11-8-17(7-9-18)16-5-4-6-16/h16,18H,2-15H2,1H3. The van der Waals surface area contributed by atoms with Gasteiger partial charge in [-0.05, 0) is 19.3 Å². The largest absolute Gasteiger partial charge is 0.395 e. The lowest BCUT2D eigenvalue weighted by molar-refractivity contribution is 0.00329. The Balaban J connectivity index is 1.82. The van der Waals surface area contributed by atoms with Crippen molar-refractivity contribution >= 4 is 0 Å². The average molecular weight is 303 g/mol. The highest BCUT2D eigenvalue weighted by atomic mass is 16.5. The lowest BCUT2D eigenvalue weighted by atomic mass is 9.91. The van der Waals surface area contributed by atoms with E-state index in [9.17, 15) is 0 Å². The number of hydrogen-bond donors (Lipinski definition) is 1. The van der Waals surface area contributed by atoms with Crippen LogP contribution in [0.1, 0.15) is 39.0 Å². The highest BCUT2D eigenvalue weighted by molar-refractivity contribution is 4.79. The van der Waals surface area contributed by atoms with Crippen molar-refractivity contribution in [2.75, 3.05) is 59.3 Å². The Bertz CT molecular complexity index is 224. The molecule has 0 radical (unpaired) electrons. The van der Waals surface area contributed by atoms with Gasteiger partial charge in [-0.3, -0.25) is 4.90 Å². The van der Waals surface area contributed by atoms with Crippen LogP contribution >= 0.6 is 0 Å². The lowest BCUT2D eigenvalue weighted by Gasteiger charge is -2.37. The quantitative estimate of drug-likeness (QED) is 0.467. The zero-order valence-electron chi connectivity index (χ0n) is 13.6. The molecule has 1 N–H and O–H groups in total. The molecule has 0 spiro atoms.